The molecule has 2 aromatic carbocycles. The lowest BCUT2D eigenvalue weighted by atomic mass is 10.1. The molecule has 0 saturated carbocycles. The summed E-state index contributed by atoms with van der Waals surface area (Å²) < 4.78 is 33.8. The molecular formula is C26H31N5O5S. The molecule has 0 spiro atoms. The lowest BCUT2D eigenvalue weighted by molar-refractivity contribution is 0.102. The maximum atomic E-state index is 13.6. The van der Waals surface area contributed by atoms with E-state index in [4.69, 9.17) is 4.74 Å². The number of ether oxygens (including phenoxy) is 1. The largest absolute Gasteiger partial charge is 0.378 e. The number of piperazine rings is 1. The Kier molecular flexibility index (Phi) is 7.04. The van der Waals surface area contributed by atoms with Gasteiger partial charge in [0.15, 0.2) is 0 Å². The molecule has 11 heteroatoms. The number of anilines is 2. The van der Waals surface area contributed by atoms with Crippen molar-refractivity contribution in [1.82, 2.24) is 14.2 Å². The highest BCUT2D eigenvalue weighted by Gasteiger charge is 2.29. The molecule has 3 heterocycles. The van der Waals surface area contributed by atoms with Crippen LogP contribution in [-0.2, 0) is 14.8 Å². The molecule has 0 unspecified atom stereocenters. The molecule has 2 fully saturated rings. The Hall–Kier alpha value is -3.25. The minimum Gasteiger partial charge on any atom is -0.378 e. The van der Waals surface area contributed by atoms with Crippen molar-refractivity contribution in [3.05, 3.63) is 63.9 Å². The zero-order valence-corrected chi connectivity index (χ0v) is 21.8. The number of nitrogens with one attached hydrogen (secondary N) is 2. The molecule has 0 bridgehead atoms. The van der Waals surface area contributed by atoms with Crippen LogP contribution in [0.25, 0.3) is 10.9 Å². The number of pyridine rings is 1. The molecule has 1 amide bonds. The zero-order valence-electron chi connectivity index (χ0n) is 21.0. The zero-order chi connectivity index (χ0) is 26.2. The first-order valence-electron chi connectivity index (χ1n) is 12.3. The van der Waals surface area contributed by atoms with Crippen molar-refractivity contribution in [2.75, 3.05) is 69.7 Å². The Morgan fingerprint density at radius 3 is 2.43 bits per heavy atom. The van der Waals surface area contributed by atoms with E-state index in [1.54, 1.807) is 30.3 Å². The number of hydrogen-bond donors (Lipinski definition) is 2. The van der Waals surface area contributed by atoms with Gasteiger partial charge in [-0.1, -0.05) is 0 Å². The quantitative estimate of drug-likeness (QED) is 0.523. The van der Waals surface area contributed by atoms with Crippen molar-refractivity contribution < 1.29 is 17.9 Å². The molecule has 196 valence electrons. The number of likely N-dealkylation sites (N-methyl/N-ethyl adjacent to an activating group) is 1. The van der Waals surface area contributed by atoms with E-state index >= 15 is 0 Å². The minimum absolute atomic E-state index is 0.103. The topological polar surface area (TPSA) is 115 Å². The Balaban J connectivity index is 1.50. The summed E-state index contributed by atoms with van der Waals surface area (Å²) in [4.78, 5) is 32.4. The Morgan fingerprint density at radius 1 is 0.973 bits per heavy atom. The third-order valence-corrected chi connectivity index (χ3v) is 8.87. The summed E-state index contributed by atoms with van der Waals surface area (Å²) in [6.45, 7) is 6.24. The SMILES string of the molecule is Cc1cc(=O)[nH]c2ccc(NC(=O)c3cc(S(=O)(=O)N4CCN(C)CC4)ccc3N3CCOCC3)cc12. The van der Waals surface area contributed by atoms with Gasteiger partial charge in [0, 0.05) is 67.6 Å². The number of aryl methyl sites for hydroxylation is 1. The van der Waals surface area contributed by atoms with E-state index < -0.39 is 15.9 Å². The number of fused-ring (bicyclic) bond motifs is 1. The summed E-state index contributed by atoms with van der Waals surface area (Å²) in [5.41, 5.74) is 2.79. The van der Waals surface area contributed by atoms with Crippen LogP contribution >= 0.6 is 0 Å². The normalized spacial score (nSPS) is 17.7. The van der Waals surface area contributed by atoms with Gasteiger partial charge in [0.05, 0.1) is 23.7 Å². The van der Waals surface area contributed by atoms with Crippen molar-refractivity contribution in [3.63, 3.8) is 0 Å². The molecule has 1 aromatic heterocycles. The number of amides is 1. The van der Waals surface area contributed by atoms with Crippen LogP contribution in [0.4, 0.5) is 11.4 Å². The second-order valence-corrected chi connectivity index (χ2v) is 11.5. The fraction of sp³-hybridized carbons (Fsp3) is 0.385. The van der Waals surface area contributed by atoms with E-state index in [0.29, 0.717) is 69.4 Å². The molecule has 2 aliphatic heterocycles. The van der Waals surface area contributed by atoms with Gasteiger partial charge < -0.3 is 24.8 Å². The van der Waals surface area contributed by atoms with E-state index in [-0.39, 0.29) is 16.0 Å². The van der Waals surface area contributed by atoms with Gasteiger partial charge >= 0.3 is 0 Å². The second kappa shape index (κ2) is 10.3. The number of aromatic amines is 1. The Labute approximate surface area is 215 Å². The van der Waals surface area contributed by atoms with E-state index in [1.807, 2.05) is 18.9 Å². The van der Waals surface area contributed by atoms with Crippen LogP contribution in [0.15, 0.2) is 52.2 Å². The maximum absolute atomic E-state index is 13.6. The lowest BCUT2D eigenvalue weighted by Gasteiger charge is -2.32. The number of hydrogen-bond acceptors (Lipinski definition) is 7. The molecule has 2 saturated heterocycles. The van der Waals surface area contributed by atoms with E-state index in [1.165, 1.54) is 16.4 Å². The van der Waals surface area contributed by atoms with Gasteiger partial charge in [0.2, 0.25) is 15.6 Å². The van der Waals surface area contributed by atoms with Gasteiger partial charge in [0.1, 0.15) is 0 Å². The number of nitrogens with zero attached hydrogens (tertiary/aromatic N) is 3. The number of carbonyl (C=O) groups is 1. The van der Waals surface area contributed by atoms with E-state index in [9.17, 15) is 18.0 Å². The minimum atomic E-state index is -3.75. The predicted molar refractivity (Wildman–Crippen MR) is 143 cm³/mol. The summed E-state index contributed by atoms with van der Waals surface area (Å²) >= 11 is 0. The fourth-order valence-corrected chi connectivity index (χ4v) is 6.26. The number of sulfonamides is 1. The molecule has 10 nitrogen and oxygen atoms in total. The van der Waals surface area contributed by atoms with Crippen LogP contribution in [0.5, 0.6) is 0 Å². The number of benzene rings is 2. The van der Waals surface area contributed by atoms with Crippen LogP contribution in [0.1, 0.15) is 15.9 Å². The van der Waals surface area contributed by atoms with Gasteiger partial charge in [-0.15, -0.1) is 0 Å². The molecule has 3 aromatic rings. The van der Waals surface area contributed by atoms with Crippen molar-refractivity contribution in [1.29, 1.82) is 0 Å². The van der Waals surface area contributed by atoms with Crippen molar-refractivity contribution >= 4 is 38.2 Å². The Bertz CT molecular complexity index is 1490. The molecule has 0 aliphatic carbocycles. The third kappa shape index (κ3) is 5.26. The smallest absolute Gasteiger partial charge is 0.257 e. The summed E-state index contributed by atoms with van der Waals surface area (Å²) in [5.74, 6) is -0.404. The molecule has 0 atom stereocenters. The van der Waals surface area contributed by atoms with Crippen molar-refractivity contribution in [3.8, 4) is 0 Å². The summed E-state index contributed by atoms with van der Waals surface area (Å²) in [6, 6.07) is 11.6. The second-order valence-electron chi connectivity index (χ2n) is 9.52. The highest BCUT2D eigenvalue weighted by molar-refractivity contribution is 7.89. The van der Waals surface area contributed by atoms with Gasteiger partial charge in [0.25, 0.3) is 5.91 Å². The monoisotopic (exact) mass is 525 g/mol. The van der Waals surface area contributed by atoms with E-state index in [0.717, 1.165) is 10.9 Å². The first-order valence-corrected chi connectivity index (χ1v) is 13.8. The molecule has 37 heavy (non-hydrogen) atoms. The average Bonchev–Trinajstić information content (AvgIpc) is 2.89. The van der Waals surface area contributed by atoms with Gasteiger partial charge in [-0.2, -0.15) is 4.31 Å². The van der Waals surface area contributed by atoms with Gasteiger partial charge in [-0.05, 0) is 55.9 Å². The number of rotatable bonds is 5. The van der Waals surface area contributed by atoms with Crippen LogP contribution in [0, 0.1) is 6.92 Å². The highest BCUT2D eigenvalue weighted by atomic mass is 32.2. The van der Waals surface area contributed by atoms with E-state index in [2.05, 4.69) is 15.2 Å². The lowest BCUT2D eigenvalue weighted by Crippen LogP contribution is -2.47. The standard InChI is InChI=1S/C26H31N5O5S/c1-18-15-25(32)28-23-5-3-19(16-21(18)23)27-26(33)22-17-20(4-6-24(22)30-11-13-36-14-12-30)37(34,35)31-9-7-29(2)8-10-31/h3-6,15-17H,7-14H2,1-2H3,(H,27,33)(H,28,32). The average molecular weight is 526 g/mol. The van der Waals surface area contributed by atoms with Crippen LogP contribution in [0.2, 0.25) is 0 Å². The van der Waals surface area contributed by atoms with Gasteiger partial charge in [-0.25, -0.2) is 8.42 Å². The maximum Gasteiger partial charge on any atom is 0.257 e. The first kappa shape index (κ1) is 25.4. The van der Waals surface area contributed by atoms with Crippen LogP contribution in [0.3, 0.4) is 0 Å². The van der Waals surface area contributed by atoms with Crippen LogP contribution in [-0.4, -0.2) is 88.0 Å². The molecule has 2 aliphatic rings. The van der Waals surface area contributed by atoms with Crippen molar-refractivity contribution in [2.24, 2.45) is 0 Å². The first-order chi connectivity index (χ1) is 17.7. The molecule has 0 radical (unpaired) electrons. The summed E-state index contributed by atoms with van der Waals surface area (Å²) in [5, 5.41) is 3.75. The highest BCUT2D eigenvalue weighted by Crippen LogP contribution is 2.29. The number of H-pyrrole nitrogens is 1. The van der Waals surface area contributed by atoms with Crippen LogP contribution < -0.4 is 15.8 Å². The van der Waals surface area contributed by atoms with Gasteiger partial charge in [-0.3, -0.25) is 9.59 Å². The predicted octanol–water partition coefficient (Wildman–Crippen LogP) is 1.86. The molecule has 5 rings (SSSR count). The Morgan fingerprint density at radius 2 is 1.70 bits per heavy atom. The molecule has 2 N–H and O–H groups in total. The number of carbonyl (C=O) groups excluding carboxylic acids is 1. The fourth-order valence-electron chi connectivity index (χ4n) is 4.81. The number of aromatic nitrogens is 1. The summed E-state index contributed by atoms with van der Waals surface area (Å²) in [7, 11) is -1.78. The summed E-state index contributed by atoms with van der Waals surface area (Å²) in [6.07, 6.45) is 0. The molecular weight excluding hydrogens is 494 g/mol. The third-order valence-electron chi connectivity index (χ3n) is 6.97. The number of morpholine rings is 1. The van der Waals surface area contributed by atoms with Crippen molar-refractivity contribution in [2.45, 2.75) is 11.8 Å².